The van der Waals surface area contributed by atoms with Gasteiger partial charge in [0, 0.05) is 30.6 Å². The predicted octanol–water partition coefficient (Wildman–Crippen LogP) is 3.57. The number of alkyl halides is 3. The maximum Gasteiger partial charge on any atom is 0.573 e. The zero-order valence-corrected chi connectivity index (χ0v) is 27.9. The first-order valence-electron chi connectivity index (χ1n) is 14.3. The van der Waals surface area contributed by atoms with Crippen LogP contribution < -0.4 is 28.6 Å². The monoisotopic (exact) mass is 714 g/mol. The van der Waals surface area contributed by atoms with E-state index in [1.165, 1.54) is 71.8 Å². The van der Waals surface area contributed by atoms with Crippen LogP contribution in [0.4, 0.5) is 18.9 Å². The number of likely N-dealkylation sites (N-methyl/N-ethyl adjacent to an activating group) is 2. The number of anilines is 1. The van der Waals surface area contributed by atoms with Gasteiger partial charge >= 0.3 is 12.3 Å². The second kappa shape index (κ2) is 12.3. The van der Waals surface area contributed by atoms with Gasteiger partial charge in [0.1, 0.15) is 34.8 Å². The SMILES string of the molecule is CNC(=O)[C@@H]1C[C@@H](O)C[N+]1(C)C1(c2ccc(OC)cc2OC)C(=O)N(S(=O)(=O)c2ccc(OC)cc2OC(F)(F)F)c2ccc(Cl)cc21. The Hall–Kier alpha value is -4.25. The molecule has 4 atom stereocenters. The lowest BCUT2D eigenvalue weighted by Crippen LogP contribution is -2.69. The second-order valence-corrected chi connectivity index (χ2v) is 13.5. The van der Waals surface area contributed by atoms with Crippen molar-refractivity contribution in [2.24, 2.45) is 0 Å². The number of methoxy groups -OCH3 is 3. The molecule has 0 aliphatic carbocycles. The smallest absolute Gasteiger partial charge is 0.497 e. The molecule has 0 saturated carbocycles. The molecule has 0 spiro atoms. The van der Waals surface area contributed by atoms with E-state index in [2.05, 4.69) is 10.1 Å². The van der Waals surface area contributed by atoms with Crippen molar-refractivity contribution in [2.45, 2.75) is 35.4 Å². The molecular weight excluding hydrogens is 683 g/mol. The number of hydrogen-bond acceptors (Lipinski definition) is 9. The number of carbonyl (C=O) groups excluding carboxylic acids is 2. The van der Waals surface area contributed by atoms with Crippen LogP contribution in [-0.2, 0) is 25.2 Å². The Balaban J connectivity index is 1.91. The Kier molecular flexibility index (Phi) is 9.01. The summed E-state index contributed by atoms with van der Waals surface area (Å²) >= 11 is 6.50. The average molecular weight is 715 g/mol. The molecule has 2 unspecified atom stereocenters. The van der Waals surface area contributed by atoms with Gasteiger partial charge in [0.2, 0.25) is 5.54 Å². The lowest BCUT2D eigenvalue weighted by Gasteiger charge is -2.48. The third-order valence-corrected chi connectivity index (χ3v) is 10.8. The van der Waals surface area contributed by atoms with Crippen LogP contribution >= 0.6 is 11.6 Å². The number of rotatable bonds is 9. The highest BCUT2D eigenvalue weighted by Gasteiger charge is 2.72. The van der Waals surface area contributed by atoms with Crippen LogP contribution in [0.15, 0.2) is 59.5 Å². The molecule has 2 aliphatic heterocycles. The molecular formula is C31H32ClF3N3O9S+. The number of aliphatic hydroxyl groups is 1. The zero-order chi connectivity index (χ0) is 35.4. The summed E-state index contributed by atoms with van der Waals surface area (Å²) in [7, 11) is 1.53. The summed E-state index contributed by atoms with van der Waals surface area (Å²) in [4.78, 5) is 27.9. The first-order chi connectivity index (χ1) is 22.5. The molecule has 2 amide bonds. The molecule has 2 aliphatic rings. The zero-order valence-electron chi connectivity index (χ0n) is 26.3. The molecule has 0 bridgehead atoms. The number of likely N-dealkylation sites (tertiary alicyclic amines) is 1. The molecule has 3 aromatic rings. The summed E-state index contributed by atoms with van der Waals surface area (Å²) in [5.41, 5.74) is -2.39. The Labute approximate surface area is 279 Å². The van der Waals surface area contributed by atoms with Gasteiger partial charge in [0.15, 0.2) is 11.8 Å². The number of hydrogen-bond donors (Lipinski definition) is 2. The van der Waals surface area contributed by atoms with Crippen molar-refractivity contribution in [2.75, 3.05) is 46.3 Å². The minimum Gasteiger partial charge on any atom is -0.497 e. The van der Waals surface area contributed by atoms with Crippen molar-refractivity contribution in [3.8, 4) is 23.0 Å². The summed E-state index contributed by atoms with van der Waals surface area (Å²) < 4.78 is 89.9. The number of halogens is 4. The van der Waals surface area contributed by atoms with Gasteiger partial charge in [-0.25, -0.2) is 8.42 Å². The lowest BCUT2D eigenvalue weighted by molar-refractivity contribution is -0.953. The van der Waals surface area contributed by atoms with Gasteiger partial charge in [-0.15, -0.1) is 13.2 Å². The van der Waals surface area contributed by atoms with Crippen molar-refractivity contribution >= 4 is 39.1 Å². The predicted molar refractivity (Wildman–Crippen MR) is 166 cm³/mol. The molecule has 1 saturated heterocycles. The first-order valence-corrected chi connectivity index (χ1v) is 16.1. The number of sulfonamides is 1. The quantitative estimate of drug-likeness (QED) is 0.319. The number of nitrogens with zero attached hydrogens (tertiary/aromatic N) is 2. The number of ether oxygens (including phenoxy) is 4. The fourth-order valence-electron chi connectivity index (χ4n) is 6.88. The van der Waals surface area contributed by atoms with Crippen LogP contribution in [0.1, 0.15) is 17.5 Å². The van der Waals surface area contributed by atoms with E-state index in [-0.39, 0.29) is 46.3 Å². The van der Waals surface area contributed by atoms with Gasteiger partial charge in [0.05, 0.1) is 45.2 Å². The third-order valence-electron chi connectivity index (χ3n) is 8.84. The molecule has 2 N–H and O–H groups in total. The molecule has 0 aromatic heterocycles. The van der Waals surface area contributed by atoms with Gasteiger partial charge in [0.25, 0.3) is 15.9 Å². The number of amides is 2. The fourth-order valence-corrected chi connectivity index (χ4v) is 8.61. The summed E-state index contributed by atoms with van der Waals surface area (Å²) in [6.45, 7) is -0.232. The van der Waals surface area contributed by atoms with E-state index in [9.17, 15) is 31.5 Å². The molecule has 5 rings (SSSR count). The highest BCUT2D eigenvalue weighted by atomic mass is 35.5. The van der Waals surface area contributed by atoms with Gasteiger partial charge in [-0.2, -0.15) is 4.31 Å². The molecule has 0 radical (unpaired) electrons. The Morgan fingerprint density at radius 1 is 1.00 bits per heavy atom. The normalized spacial score (nSPS) is 23.9. The summed E-state index contributed by atoms with van der Waals surface area (Å²) in [6, 6.07) is 9.86. The average Bonchev–Trinajstić information content (AvgIpc) is 3.49. The first kappa shape index (κ1) is 35.1. The van der Waals surface area contributed by atoms with Gasteiger partial charge in [-0.1, -0.05) is 11.6 Å². The van der Waals surface area contributed by atoms with E-state index in [0.717, 1.165) is 18.2 Å². The minimum absolute atomic E-state index is 0.00986. The summed E-state index contributed by atoms with van der Waals surface area (Å²) in [6.07, 6.45) is -6.57. The van der Waals surface area contributed by atoms with Crippen LogP contribution in [0.5, 0.6) is 23.0 Å². The number of aliphatic hydroxyl groups excluding tert-OH is 1. The number of quaternary nitrogens is 1. The van der Waals surface area contributed by atoms with Crippen molar-refractivity contribution in [1.29, 1.82) is 0 Å². The van der Waals surface area contributed by atoms with E-state index >= 15 is 4.79 Å². The van der Waals surface area contributed by atoms with Gasteiger partial charge in [-0.05, 0) is 42.5 Å². The molecule has 2 heterocycles. The van der Waals surface area contributed by atoms with E-state index < -0.39 is 61.0 Å². The third kappa shape index (κ3) is 5.36. The maximum atomic E-state index is 15.4. The van der Waals surface area contributed by atoms with E-state index in [0.29, 0.717) is 10.1 Å². The maximum absolute atomic E-state index is 15.4. The van der Waals surface area contributed by atoms with Gasteiger partial charge < -0.3 is 29.4 Å². The summed E-state index contributed by atoms with van der Waals surface area (Å²) in [5, 5.41) is 13.7. The van der Waals surface area contributed by atoms with Crippen LogP contribution in [-0.4, -0.2) is 90.3 Å². The Morgan fingerprint density at radius 2 is 1.62 bits per heavy atom. The largest absolute Gasteiger partial charge is 0.573 e. The topological polar surface area (TPSA) is 141 Å². The molecule has 1 fully saturated rings. The van der Waals surface area contributed by atoms with Gasteiger partial charge in [-0.3, -0.25) is 14.1 Å². The highest BCUT2D eigenvalue weighted by molar-refractivity contribution is 7.93. The van der Waals surface area contributed by atoms with Crippen LogP contribution in [0.2, 0.25) is 5.02 Å². The van der Waals surface area contributed by atoms with Crippen molar-refractivity contribution in [3.63, 3.8) is 0 Å². The van der Waals surface area contributed by atoms with Crippen molar-refractivity contribution < 1.29 is 59.7 Å². The van der Waals surface area contributed by atoms with Crippen LogP contribution in [0.3, 0.4) is 0 Å². The van der Waals surface area contributed by atoms with E-state index in [1.54, 1.807) is 0 Å². The Morgan fingerprint density at radius 3 is 2.21 bits per heavy atom. The second-order valence-electron chi connectivity index (χ2n) is 11.3. The number of nitrogens with one attached hydrogen (secondary N) is 1. The van der Waals surface area contributed by atoms with E-state index in [1.807, 2.05) is 0 Å². The molecule has 17 heteroatoms. The Bertz CT molecular complexity index is 1890. The fraction of sp³-hybridized carbons (Fsp3) is 0.355. The lowest BCUT2D eigenvalue weighted by atomic mass is 9.78. The highest BCUT2D eigenvalue weighted by Crippen LogP contribution is 2.58. The minimum atomic E-state index is -5.32. The summed E-state index contributed by atoms with van der Waals surface area (Å²) in [5.74, 6) is -2.68. The molecule has 12 nitrogen and oxygen atoms in total. The molecule has 258 valence electrons. The standard InChI is InChI=1S/C31H31ClF3N3O9S/c1-36-28(40)24-13-18(39)16-38(24,2)30(21-9-7-19(44-3)14-25(21)46-5)22-12-17(32)6-10-23(22)37(29(30)41)48(42,43)27-11-8-20(45-4)15-26(27)47-31(33,34)35/h6-12,14-15,18,24,39H,13,16H2,1-5H3/p+1/t18-,24+,30?,38?/m1/s1. The van der Waals surface area contributed by atoms with Crippen LogP contribution in [0.25, 0.3) is 0 Å². The molecule has 48 heavy (non-hydrogen) atoms. The van der Waals surface area contributed by atoms with Crippen molar-refractivity contribution in [1.82, 2.24) is 5.32 Å². The number of fused-ring (bicyclic) bond motifs is 1. The number of carbonyl (C=O) groups is 2. The van der Waals surface area contributed by atoms with Crippen molar-refractivity contribution in [3.05, 3.63) is 70.7 Å². The molecule has 3 aromatic carbocycles. The van der Waals surface area contributed by atoms with Crippen LogP contribution in [0, 0.1) is 0 Å². The number of benzene rings is 3. The van der Waals surface area contributed by atoms with E-state index in [4.69, 9.17) is 25.8 Å².